The van der Waals surface area contributed by atoms with Crippen molar-refractivity contribution in [1.29, 1.82) is 0 Å². The fraction of sp³-hybridized carbons (Fsp3) is 0.960. The number of alkyl carbamates (subject to hydrolysis) is 1. The number of rotatable bonds is 31. The molecule has 0 unspecified atom stereocenters. The number of methoxy groups -OCH3 is 1. The molecular weight excluding hydrogens is 534 g/mol. The summed E-state index contributed by atoms with van der Waals surface area (Å²) in [6.07, 6.45) is 0.191. The van der Waals surface area contributed by atoms with Crippen molar-refractivity contribution in [3.63, 3.8) is 0 Å². The highest BCUT2D eigenvalue weighted by molar-refractivity contribution is 6.60. The van der Waals surface area contributed by atoms with Crippen molar-refractivity contribution in [3.8, 4) is 0 Å². The molecule has 0 aromatic heterocycles. The van der Waals surface area contributed by atoms with Crippen LogP contribution in [0.1, 0.15) is 27.2 Å². The van der Waals surface area contributed by atoms with Crippen molar-refractivity contribution < 1.29 is 56.0 Å². The molecule has 0 aromatic carbocycles. The Hall–Kier alpha value is -0.913. The second-order valence-electron chi connectivity index (χ2n) is 7.82. The first kappa shape index (κ1) is 38.1. The molecule has 0 aromatic rings. The Morgan fingerprint density at radius 2 is 0.923 bits per heavy atom. The Morgan fingerprint density at radius 1 is 0.564 bits per heavy atom. The summed E-state index contributed by atoms with van der Waals surface area (Å²) in [5.74, 6) is 0. The first-order valence-corrected chi connectivity index (χ1v) is 15.8. The first-order valence-electron chi connectivity index (χ1n) is 13.9. The molecule has 14 heteroatoms. The fourth-order valence-electron chi connectivity index (χ4n) is 3.08. The van der Waals surface area contributed by atoms with Gasteiger partial charge in [0.15, 0.2) is 0 Å². The third kappa shape index (κ3) is 25.8. The van der Waals surface area contributed by atoms with E-state index in [1.807, 2.05) is 20.8 Å². The molecule has 39 heavy (non-hydrogen) atoms. The van der Waals surface area contributed by atoms with E-state index < -0.39 is 14.9 Å². The lowest BCUT2D eigenvalue weighted by atomic mass is 10.5. The molecular formula is C25H53NO12Si. The molecule has 0 spiro atoms. The highest BCUT2D eigenvalue weighted by Gasteiger charge is 2.39. The number of carbonyl (C=O) groups excluding carboxylic acids is 1. The van der Waals surface area contributed by atoms with Crippen molar-refractivity contribution in [2.75, 3.05) is 126 Å². The maximum atomic E-state index is 11.8. The van der Waals surface area contributed by atoms with Crippen LogP contribution in [0.15, 0.2) is 0 Å². The molecule has 13 nitrogen and oxygen atoms in total. The van der Waals surface area contributed by atoms with Crippen molar-refractivity contribution in [2.45, 2.75) is 33.2 Å². The van der Waals surface area contributed by atoms with E-state index in [1.165, 1.54) is 0 Å². The van der Waals surface area contributed by atoms with E-state index in [2.05, 4.69) is 5.32 Å². The van der Waals surface area contributed by atoms with Crippen LogP contribution in [-0.4, -0.2) is 141 Å². The van der Waals surface area contributed by atoms with Gasteiger partial charge in [0, 0.05) is 39.5 Å². The summed E-state index contributed by atoms with van der Waals surface area (Å²) < 4.78 is 59.7. The Balaban J connectivity index is 3.41. The van der Waals surface area contributed by atoms with Gasteiger partial charge in [0.2, 0.25) is 0 Å². The van der Waals surface area contributed by atoms with Gasteiger partial charge in [0.05, 0.1) is 85.9 Å². The number of ether oxygens (including phenoxy) is 8. The summed E-state index contributed by atoms with van der Waals surface area (Å²) in [5.41, 5.74) is 0. The minimum atomic E-state index is -2.69. The van der Waals surface area contributed by atoms with Crippen molar-refractivity contribution in [2.24, 2.45) is 0 Å². The van der Waals surface area contributed by atoms with Gasteiger partial charge in [0.25, 0.3) is 0 Å². The molecule has 0 aliphatic carbocycles. The Bertz CT molecular complexity index is 504. The normalized spacial score (nSPS) is 11.7. The van der Waals surface area contributed by atoms with E-state index in [-0.39, 0.29) is 6.61 Å². The Morgan fingerprint density at radius 3 is 1.28 bits per heavy atom. The average Bonchev–Trinajstić information content (AvgIpc) is 2.92. The summed E-state index contributed by atoms with van der Waals surface area (Å²) in [5, 5.41) is 2.72. The van der Waals surface area contributed by atoms with Gasteiger partial charge in [-0.3, -0.25) is 0 Å². The van der Waals surface area contributed by atoms with Crippen LogP contribution in [0.5, 0.6) is 0 Å². The minimum absolute atomic E-state index is 0.164. The van der Waals surface area contributed by atoms with Gasteiger partial charge in [0.1, 0.15) is 6.61 Å². The zero-order valence-corrected chi connectivity index (χ0v) is 25.5. The largest absolute Gasteiger partial charge is 0.500 e. The van der Waals surface area contributed by atoms with Gasteiger partial charge in [-0.1, -0.05) is 0 Å². The zero-order chi connectivity index (χ0) is 28.7. The second-order valence-corrected chi connectivity index (χ2v) is 10.5. The minimum Gasteiger partial charge on any atom is -0.447 e. The van der Waals surface area contributed by atoms with Crippen LogP contribution in [0.4, 0.5) is 4.79 Å². The van der Waals surface area contributed by atoms with E-state index in [4.69, 9.17) is 51.2 Å². The second kappa shape index (κ2) is 30.1. The Labute approximate surface area is 235 Å². The van der Waals surface area contributed by atoms with Crippen LogP contribution in [0, 0.1) is 0 Å². The van der Waals surface area contributed by atoms with Crippen LogP contribution in [0.2, 0.25) is 6.04 Å². The van der Waals surface area contributed by atoms with E-state index in [1.54, 1.807) is 7.11 Å². The maximum Gasteiger partial charge on any atom is 0.500 e. The summed E-state index contributed by atoms with van der Waals surface area (Å²) in [6.45, 7) is 14.3. The lowest BCUT2D eigenvalue weighted by molar-refractivity contribution is -0.0205. The SMILES string of the molecule is CCO[Si](CCCNC(=O)OCCOCCOCCOCCOCCOCCOCCOC)(OCC)OCC. The maximum absolute atomic E-state index is 11.8. The van der Waals surface area contributed by atoms with E-state index in [9.17, 15) is 4.79 Å². The smallest absolute Gasteiger partial charge is 0.447 e. The van der Waals surface area contributed by atoms with E-state index in [0.717, 1.165) is 0 Å². The third-order valence-electron chi connectivity index (χ3n) is 4.77. The molecule has 0 rings (SSSR count). The lowest BCUT2D eigenvalue weighted by Crippen LogP contribution is -2.46. The monoisotopic (exact) mass is 587 g/mol. The third-order valence-corrected chi connectivity index (χ3v) is 7.93. The van der Waals surface area contributed by atoms with Gasteiger partial charge in [-0.05, 0) is 27.2 Å². The standard InChI is InChI=1S/C25H53NO12Si/c1-5-36-39(37-6-2,38-7-3)24-8-9-26-25(27)35-23-22-34-21-20-33-19-18-32-17-16-31-15-14-30-13-12-29-11-10-28-4/h5-24H2,1-4H3,(H,26,27). The summed E-state index contributed by atoms with van der Waals surface area (Å²) >= 11 is 0. The van der Waals surface area contributed by atoms with Crippen LogP contribution in [0.3, 0.4) is 0 Å². The molecule has 0 fully saturated rings. The number of hydrogen-bond donors (Lipinski definition) is 1. The van der Waals surface area contributed by atoms with Crippen molar-refractivity contribution >= 4 is 14.9 Å². The highest BCUT2D eigenvalue weighted by Crippen LogP contribution is 2.17. The summed E-state index contributed by atoms with van der Waals surface area (Å²) in [4.78, 5) is 11.8. The summed E-state index contributed by atoms with van der Waals surface area (Å²) in [7, 11) is -1.05. The molecule has 0 saturated carbocycles. The lowest BCUT2D eigenvalue weighted by Gasteiger charge is -2.28. The van der Waals surface area contributed by atoms with Crippen LogP contribution in [-0.2, 0) is 51.2 Å². The van der Waals surface area contributed by atoms with Crippen LogP contribution >= 0.6 is 0 Å². The molecule has 0 heterocycles. The van der Waals surface area contributed by atoms with Crippen molar-refractivity contribution in [1.82, 2.24) is 5.32 Å². The van der Waals surface area contributed by atoms with Crippen LogP contribution in [0.25, 0.3) is 0 Å². The zero-order valence-electron chi connectivity index (χ0n) is 24.5. The van der Waals surface area contributed by atoms with Crippen LogP contribution < -0.4 is 5.32 Å². The topological polar surface area (TPSA) is 131 Å². The van der Waals surface area contributed by atoms with Gasteiger partial charge >= 0.3 is 14.9 Å². The molecule has 0 atom stereocenters. The van der Waals surface area contributed by atoms with Gasteiger partial charge in [-0.2, -0.15) is 0 Å². The predicted octanol–water partition coefficient (Wildman–Crippen LogP) is 1.90. The molecule has 0 aliphatic rings. The first-order chi connectivity index (χ1) is 19.1. The van der Waals surface area contributed by atoms with Gasteiger partial charge in [-0.25, -0.2) is 4.79 Å². The fourth-order valence-corrected chi connectivity index (χ4v) is 5.70. The highest BCUT2D eigenvalue weighted by atomic mass is 28.4. The number of nitrogens with one attached hydrogen (secondary N) is 1. The molecule has 1 amide bonds. The quantitative estimate of drug-likeness (QED) is 0.0939. The average molecular weight is 588 g/mol. The predicted molar refractivity (Wildman–Crippen MR) is 146 cm³/mol. The van der Waals surface area contributed by atoms with E-state index in [0.29, 0.717) is 125 Å². The molecule has 234 valence electrons. The van der Waals surface area contributed by atoms with Gasteiger partial charge < -0.3 is 56.5 Å². The van der Waals surface area contributed by atoms with E-state index >= 15 is 0 Å². The molecule has 1 N–H and O–H groups in total. The molecule has 0 saturated heterocycles. The van der Waals surface area contributed by atoms with Gasteiger partial charge in [-0.15, -0.1) is 0 Å². The molecule has 0 aliphatic heterocycles. The Kier molecular flexibility index (Phi) is 29.4. The summed E-state index contributed by atoms with van der Waals surface area (Å²) in [6, 6.07) is 0.632. The number of amides is 1. The van der Waals surface area contributed by atoms with Crippen molar-refractivity contribution in [3.05, 3.63) is 0 Å². The number of hydrogen-bond acceptors (Lipinski definition) is 12. The molecule has 0 bridgehead atoms. The number of carbonyl (C=O) groups is 1. The molecule has 0 radical (unpaired) electrons.